The van der Waals surface area contributed by atoms with Crippen LogP contribution in [0, 0.1) is 0 Å². The number of rotatable bonds is 7. The third-order valence-corrected chi connectivity index (χ3v) is 6.35. The molecule has 0 saturated heterocycles. The minimum Gasteiger partial charge on any atom is -0.463 e. The van der Waals surface area contributed by atoms with Crippen LogP contribution in [0.25, 0.3) is 11.5 Å². The van der Waals surface area contributed by atoms with Crippen molar-refractivity contribution >= 4 is 46.7 Å². The molecule has 31 heavy (non-hydrogen) atoms. The number of carbonyl (C=O) groups is 2. The van der Waals surface area contributed by atoms with Crippen LogP contribution in [0.2, 0.25) is 5.02 Å². The molecule has 0 aliphatic carbocycles. The molecular weight excluding hydrogens is 460 g/mol. The van der Waals surface area contributed by atoms with Crippen LogP contribution < -0.4 is 10.6 Å². The van der Waals surface area contributed by atoms with Crippen molar-refractivity contribution in [1.29, 1.82) is 0 Å². The number of aromatic nitrogens is 2. The van der Waals surface area contributed by atoms with Gasteiger partial charge in [-0.05, 0) is 42.6 Å². The maximum atomic E-state index is 12.7. The third kappa shape index (κ3) is 4.92. The molecule has 3 aromatic rings. The summed E-state index contributed by atoms with van der Waals surface area (Å²) < 4.78 is 10.9. The van der Waals surface area contributed by atoms with Crippen molar-refractivity contribution in [2.24, 2.45) is 0 Å². The number of thiophene rings is 1. The van der Waals surface area contributed by atoms with Crippen LogP contribution in [0.5, 0.6) is 0 Å². The highest BCUT2D eigenvalue weighted by Crippen LogP contribution is 2.33. The van der Waals surface area contributed by atoms with Crippen LogP contribution >= 0.6 is 34.7 Å². The molecule has 4 rings (SSSR count). The van der Waals surface area contributed by atoms with Gasteiger partial charge in [0, 0.05) is 26.9 Å². The van der Waals surface area contributed by atoms with Gasteiger partial charge in [-0.25, -0.2) is 9.59 Å². The lowest BCUT2D eigenvalue weighted by molar-refractivity contribution is -0.139. The molecular formula is C20H17ClN4O4S2. The minimum atomic E-state index is -0.587. The second kappa shape index (κ2) is 9.54. The lowest BCUT2D eigenvalue weighted by atomic mass is 10.0. The first-order chi connectivity index (χ1) is 15.0. The number of hydrogen-bond donors (Lipinski definition) is 2. The highest BCUT2D eigenvalue weighted by atomic mass is 35.5. The molecule has 0 fully saturated rings. The number of carbonyl (C=O) groups excluding carboxylic acids is 2. The van der Waals surface area contributed by atoms with Crippen molar-refractivity contribution < 1.29 is 18.7 Å². The van der Waals surface area contributed by atoms with Crippen LogP contribution in [0.3, 0.4) is 0 Å². The van der Waals surface area contributed by atoms with E-state index in [-0.39, 0.29) is 12.4 Å². The van der Waals surface area contributed by atoms with Gasteiger partial charge in [-0.1, -0.05) is 29.4 Å². The Hall–Kier alpha value is -2.82. The lowest BCUT2D eigenvalue weighted by Gasteiger charge is -2.28. The number of hydrogen-bond acceptors (Lipinski definition) is 8. The molecule has 1 atom stereocenters. The van der Waals surface area contributed by atoms with Gasteiger partial charge in [0.25, 0.3) is 5.22 Å². The summed E-state index contributed by atoms with van der Waals surface area (Å²) in [6.45, 7) is 1.96. The fraction of sp³-hybridized carbons (Fsp3) is 0.200. The second-order valence-corrected chi connectivity index (χ2v) is 8.67. The van der Waals surface area contributed by atoms with Crippen LogP contribution in [0.4, 0.5) is 4.79 Å². The minimum absolute atomic E-state index is 0.224. The number of esters is 1. The monoisotopic (exact) mass is 476 g/mol. The van der Waals surface area contributed by atoms with Gasteiger partial charge in [0.1, 0.15) is 0 Å². The molecule has 0 saturated carbocycles. The summed E-state index contributed by atoms with van der Waals surface area (Å²) in [5.41, 5.74) is 1.54. The number of urea groups is 1. The predicted octanol–water partition coefficient (Wildman–Crippen LogP) is 4.41. The van der Waals surface area contributed by atoms with Crippen LogP contribution in [0.1, 0.15) is 17.8 Å². The van der Waals surface area contributed by atoms with E-state index < -0.39 is 18.0 Å². The van der Waals surface area contributed by atoms with E-state index in [1.807, 2.05) is 17.5 Å². The van der Waals surface area contributed by atoms with E-state index in [2.05, 4.69) is 20.8 Å². The molecule has 2 aromatic heterocycles. The zero-order valence-electron chi connectivity index (χ0n) is 16.3. The molecule has 1 aliphatic heterocycles. The Kier molecular flexibility index (Phi) is 6.59. The van der Waals surface area contributed by atoms with Gasteiger partial charge in [-0.3, -0.25) is 0 Å². The van der Waals surface area contributed by atoms with Crippen molar-refractivity contribution in [2.75, 3.05) is 12.4 Å². The molecule has 2 amide bonds. The molecule has 160 valence electrons. The van der Waals surface area contributed by atoms with Crippen molar-refractivity contribution in [3.05, 3.63) is 62.9 Å². The largest absolute Gasteiger partial charge is 0.463 e. The summed E-state index contributed by atoms with van der Waals surface area (Å²) in [4.78, 5) is 25.8. The Morgan fingerprint density at radius 2 is 2.10 bits per heavy atom. The standard InChI is InChI=1S/C20H17ClN4O4S2/c1-2-28-18(26)15-13(22-19(27)23-16(15)14-4-3-9-30-14)10-31-20-25-24-17(29-20)11-5-7-12(21)8-6-11/h3-9,16H,2,10H2,1H3,(H2,22,23,27). The smallest absolute Gasteiger partial charge is 0.338 e. The van der Waals surface area contributed by atoms with E-state index in [0.29, 0.717) is 27.4 Å². The molecule has 0 spiro atoms. The van der Waals surface area contributed by atoms with E-state index in [4.69, 9.17) is 20.8 Å². The van der Waals surface area contributed by atoms with Crippen molar-refractivity contribution in [1.82, 2.24) is 20.8 Å². The molecule has 2 N–H and O–H groups in total. The average molecular weight is 477 g/mol. The summed E-state index contributed by atoms with van der Waals surface area (Å²) in [7, 11) is 0. The molecule has 1 unspecified atom stereocenters. The lowest BCUT2D eigenvalue weighted by Crippen LogP contribution is -2.46. The predicted molar refractivity (Wildman–Crippen MR) is 118 cm³/mol. The molecule has 1 aliphatic rings. The second-order valence-electron chi connectivity index (χ2n) is 6.33. The zero-order chi connectivity index (χ0) is 21.8. The molecule has 1 aromatic carbocycles. The van der Waals surface area contributed by atoms with E-state index in [1.54, 1.807) is 31.2 Å². The van der Waals surface area contributed by atoms with Gasteiger partial charge in [-0.15, -0.1) is 21.5 Å². The van der Waals surface area contributed by atoms with Crippen LogP contribution in [-0.4, -0.2) is 34.6 Å². The number of nitrogens with one attached hydrogen (secondary N) is 2. The van der Waals surface area contributed by atoms with Gasteiger partial charge in [0.2, 0.25) is 5.89 Å². The number of benzene rings is 1. The Morgan fingerprint density at radius 3 is 2.81 bits per heavy atom. The number of nitrogens with zero attached hydrogens (tertiary/aromatic N) is 2. The van der Waals surface area contributed by atoms with Crippen molar-refractivity contribution in [3.63, 3.8) is 0 Å². The van der Waals surface area contributed by atoms with Crippen molar-refractivity contribution in [2.45, 2.75) is 18.2 Å². The summed E-state index contributed by atoms with van der Waals surface area (Å²) in [5, 5.41) is 16.4. The van der Waals surface area contributed by atoms with E-state index in [1.165, 1.54) is 23.1 Å². The topological polar surface area (TPSA) is 106 Å². The van der Waals surface area contributed by atoms with Gasteiger partial charge in [0.15, 0.2) is 0 Å². The molecule has 0 bridgehead atoms. The first-order valence-corrected chi connectivity index (χ1v) is 11.5. The normalized spacial score (nSPS) is 16.1. The Balaban J connectivity index is 1.58. The molecule has 8 nitrogen and oxygen atoms in total. The third-order valence-electron chi connectivity index (χ3n) is 4.31. The Bertz CT molecular complexity index is 1110. The van der Waals surface area contributed by atoms with Crippen LogP contribution in [-0.2, 0) is 9.53 Å². The highest BCUT2D eigenvalue weighted by molar-refractivity contribution is 7.99. The van der Waals surface area contributed by atoms with Gasteiger partial charge >= 0.3 is 12.0 Å². The number of halogens is 1. The average Bonchev–Trinajstić information content (AvgIpc) is 3.45. The zero-order valence-corrected chi connectivity index (χ0v) is 18.6. The van der Waals surface area contributed by atoms with Crippen molar-refractivity contribution in [3.8, 4) is 11.5 Å². The van der Waals surface area contributed by atoms with E-state index in [9.17, 15) is 9.59 Å². The molecule has 0 radical (unpaired) electrons. The number of amides is 2. The quantitative estimate of drug-likeness (QED) is 0.384. The molecule has 3 heterocycles. The number of ether oxygens (including phenoxy) is 1. The fourth-order valence-electron chi connectivity index (χ4n) is 2.96. The maximum Gasteiger partial charge on any atom is 0.338 e. The SMILES string of the molecule is CCOC(=O)C1=C(CSc2nnc(-c3ccc(Cl)cc3)o2)NC(=O)NC1c1cccs1. The highest BCUT2D eigenvalue weighted by Gasteiger charge is 2.34. The van der Waals surface area contributed by atoms with E-state index >= 15 is 0 Å². The summed E-state index contributed by atoms with van der Waals surface area (Å²) >= 11 is 8.57. The summed E-state index contributed by atoms with van der Waals surface area (Å²) in [6.07, 6.45) is 0. The fourth-order valence-corrected chi connectivity index (χ4v) is 4.60. The van der Waals surface area contributed by atoms with Crippen LogP contribution in [0.15, 0.2) is 62.7 Å². The summed E-state index contributed by atoms with van der Waals surface area (Å²) in [5.74, 6) is 0.104. The van der Waals surface area contributed by atoms with Gasteiger partial charge < -0.3 is 19.8 Å². The Labute approximate surface area is 191 Å². The first kappa shape index (κ1) is 21.4. The van der Waals surface area contributed by atoms with E-state index in [0.717, 1.165) is 10.4 Å². The molecule has 11 heteroatoms. The Morgan fingerprint density at radius 1 is 1.29 bits per heavy atom. The first-order valence-electron chi connectivity index (χ1n) is 9.28. The summed E-state index contributed by atoms with van der Waals surface area (Å²) in [6, 6.07) is 9.78. The van der Waals surface area contributed by atoms with Gasteiger partial charge in [0.05, 0.1) is 18.2 Å². The maximum absolute atomic E-state index is 12.7. The van der Waals surface area contributed by atoms with Gasteiger partial charge in [-0.2, -0.15) is 0 Å². The number of thioether (sulfide) groups is 1.